The Labute approximate surface area is 99.6 Å². The number of rotatable bonds is 5. The van der Waals surface area contributed by atoms with E-state index in [0.717, 1.165) is 13.0 Å². The Balaban J connectivity index is 2.67. The second kappa shape index (κ2) is 6.49. The first-order valence-electron chi connectivity index (χ1n) is 6.05. The number of benzene rings is 1. The van der Waals surface area contributed by atoms with Crippen LogP contribution in [0.25, 0.3) is 0 Å². The molecule has 1 unspecified atom stereocenters. The molecular formula is C15H23N. The summed E-state index contributed by atoms with van der Waals surface area (Å²) in [6, 6.07) is 9.26. The maximum atomic E-state index is 3.50. The van der Waals surface area contributed by atoms with Gasteiger partial charge in [-0.1, -0.05) is 48.4 Å². The monoisotopic (exact) mass is 217 g/mol. The van der Waals surface area contributed by atoms with Gasteiger partial charge in [0, 0.05) is 6.04 Å². The fraction of sp³-hybridized carbons (Fsp3) is 0.467. The molecule has 88 valence electrons. The fourth-order valence-corrected chi connectivity index (χ4v) is 1.83. The van der Waals surface area contributed by atoms with Crippen LogP contribution in [0.15, 0.2) is 35.9 Å². The minimum atomic E-state index is 0.456. The summed E-state index contributed by atoms with van der Waals surface area (Å²) in [5.74, 6) is 0. The number of hydrogen-bond acceptors (Lipinski definition) is 1. The SMILES string of the molecule is CCNC(C=C(C)C)Cc1ccc(C)cc1. The zero-order valence-corrected chi connectivity index (χ0v) is 10.9. The van der Waals surface area contributed by atoms with Crippen molar-refractivity contribution in [2.45, 2.75) is 40.2 Å². The summed E-state index contributed by atoms with van der Waals surface area (Å²) in [6.45, 7) is 9.60. The van der Waals surface area contributed by atoms with Gasteiger partial charge in [-0.05, 0) is 39.3 Å². The molecule has 0 spiro atoms. The highest BCUT2D eigenvalue weighted by Gasteiger charge is 2.04. The van der Waals surface area contributed by atoms with Crippen LogP contribution in [0.1, 0.15) is 31.9 Å². The molecule has 0 aliphatic heterocycles. The van der Waals surface area contributed by atoms with Gasteiger partial charge in [-0.15, -0.1) is 0 Å². The van der Waals surface area contributed by atoms with Crippen LogP contribution in [0.2, 0.25) is 0 Å². The van der Waals surface area contributed by atoms with Crippen LogP contribution < -0.4 is 5.32 Å². The first-order valence-corrected chi connectivity index (χ1v) is 6.05. The molecule has 0 aromatic heterocycles. The Morgan fingerprint density at radius 1 is 1.25 bits per heavy atom. The minimum Gasteiger partial charge on any atom is -0.310 e. The van der Waals surface area contributed by atoms with Crippen LogP contribution in [0, 0.1) is 6.92 Å². The van der Waals surface area contributed by atoms with E-state index in [1.54, 1.807) is 0 Å². The van der Waals surface area contributed by atoms with Gasteiger partial charge in [-0.2, -0.15) is 0 Å². The second-order valence-corrected chi connectivity index (χ2v) is 4.60. The largest absolute Gasteiger partial charge is 0.310 e. The van der Waals surface area contributed by atoms with Crippen LogP contribution in [0.5, 0.6) is 0 Å². The summed E-state index contributed by atoms with van der Waals surface area (Å²) in [6.07, 6.45) is 3.38. The molecule has 1 heteroatoms. The van der Waals surface area contributed by atoms with Crippen LogP contribution in [-0.4, -0.2) is 12.6 Å². The van der Waals surface area contributed by atoms with Crippen molar-refractivity contribution in [3.8, 4) is 0 Å². The zero-order valence-electron chi connectivity index (χ0n) is 10.9. The number of nitrogens with one attached hydrogen (secondary N) is 1. The summed E-state index contributed by atoms with van der Waals surface area (Å²) in [5.41, 5.74) is 4.10. The van der Waals surface area contributed by atoms with E-state index in [2.05, 4.69) is 63.4 Å². The van der Waals surface area contributed by atoms with E-state index in [9.17, 15) is 0 Å². The van der Waals surface area contributed by atoms with Gasteiger partial charge in [0.25, 0.3) is 0 Å². The molecule has 0 aliphatic rings. The summed E-state index contributed by atoms with van der Waals surface area (Å²) in [7, 11) is 0. The highest BCUT2D eigenvalue weighted by atomic mass is 14.9. The lowest BCUT2D eigenvalue weighted by Crippen LogP contribution is -2.29. The average Bonchev–Trinajstić information content (AvgIpc) is 2.21. The standard InChI is InChI=1S/C15H23N/c1-5-16-15(10-12(2)3)11-14-8-6-13(4)7-9-14/h6-10,15-16H,5,11H2,1-4H3. The van der Waals surface area contributed by atoms with E-state index in [0.29, 0.717) is 6.04 Å². The third kappa shape index (κ3) is 4.63. The number of likely N-dealkylation sites (N-methyl/N-ethyl adjacent to an activating group) is 1. The molecule has 0 amide bonds. The van der Waals surface area contributed by atoms with E-state index in [4.69, 9.17) is 0 Å². The molecular weight excluding hydrogens is 194 g/mol. The molecule has 1 aromatic rings. The van der Waals surface area contributed by atoms with Crippen molar-refractivity contribution >= 4 is 0 Å². The highest BCUT2D eigenvalue weighted by Crippen LogP contribution is 2.08. The van der Waals surface area contributed by atoms with Crippen molar-refractivity contribution in [2.24, 2.45) is 0 Å². The molecule has 0 saturated carbocycles. The van der Waals surface area contributed by atoms with E-state index < -0.39 is 0 Å². The van der Waals surface area contributed by atoms with Gasteiger partial charge >= 0.3 is 0 Å². The maximum Gasteiger partial charge on any atom is 0.0292 e. The number of allylic oxidation sites excluding steroid dienone is 1. The molecule has 0 heterocycles. The van der Waals surface area contributed by atoms with Gasteiger partial charge in [0.05, 0.1) is 0 Å². The van der Waals surface area contributed by atoms with E-state index in [1.165, 1.54) is 16.7 Å². The molecule has 1 N–H and O–H groups in total. The van der Waals surface area contributed by atoms with Crippen molar-refractivity contribution in [3.63, 3.8) is 0 Å². The second-order valence-electron chi connectivity index (χ2n) is 4.60. The lowest BCUT2D eigenvalue weighted by molar-refractivity contribution is 0.609. The molecule has 1 rings (SSSR count). The molecule has 0 bridgehead atoms. The molecule has 0 saturated heterocycles. The highest BCUT2D eigenvalue weighted by molar-refractivity contribution is 5.23. The zero-order chi connectivity index (χ0) is 12.0. The number of aryl methyl sites for hydroxylation is 1. The van der Waals surface area contributed by atoms with E-state index >= 15 is 0 Å². The van der Waals surface area contributed by atoms with E-state index in [-0.39, 0.29) is 0 Å². The quantitative estimate of drug-likeness (QED) is 0.745. The Morgan fingerprint density at radius 3 is 2.38 bits per heavy atom. The van der Waals surface area contributed by atoms with Crippen LogP contribution >= 0.6 is 0 Å². The average molecular weight is 217 g/mol. The third-order valence-corrected chi connectivity index (χ3v) is 2.58. The topological polar surface area (TPSA) is 12.0 Å². The first-order chi connectivity index (χ1) is 7.61. The molecule has 1 nitrogen and oxygen atoms in total. The van der Waals surface area contributed by atoms with Crippen molar-refractivity contribution in [1.82, 2.24) is 5.32 Å². The Morgan fingerprint density at radius 2 is 1.88 bits per heavy atom. The van der Waals surface area contributed by atoms with Crippen molar-refractivity contribution in [2.75, 3.05) is 6.54 Å². The van der Waals surface area contributed by atoms with Gasteiger partial charge in [-0.3, -0.25) is 0 Å². The fourth-order valence-electron chi connectivity index (χ4n) is 1.83. The molecule has 1 atom stereocenters. The number of hydrogen-bond donors (Lipinski definition) is 1. The molecule has 0 fully saturated rings. The van der Waals surface area contributed by atoms with Crippen molar-refractivity contribution < 1.29 is 0 Å². The summed E-state index contributed by atoms with van der Waals surface area (Å²) >= 11 is 0. The Kier molecular flexibility index (Phi) is 5.27. The van der Waals surface area contributed by atoms with Gasteiger partial charge in [-0.25, -0.2) is 0 Å². The third-order valence-electron chi connectivity index (χ3n) is 2.58. The summed E-state index contributed by atoms with van der Waals surface area (Å²) < 4.78 is 0. The molecule has 0 aliphatic carbocycles. The van der Waals surface area contributed by atoms with E-state index in [1.807, 2.05) is 0 Å². The smallest absolute Gasteiger partial charge is 0.0292 e. The van der Waals surface area contributed by atoms with Gasteiger partial charge in [0.1, 0.15) is 0 Å². The van der Waals surface area contributed by atoms with Crippen LogP contribution in [-0.2, 0) is 6.42 Å². The lowest BCUT2D eigenvalue weighted by atomic mass is 10.0. The van der Waals surface area contributed by atoms with Gasteiger partial charge < -0.3 is 5.32 Å². The molecule has 16 heavy (non-hydrogen) atoms. The van der Waals surface area contributed by atoms with Crippen molar-refractivity contribution in [3.05, 3.63) is 47.0 Å². The minimum absolute atomic E-state index is 0.456. The predicted molar refractivity (Wildman–Crippen MR) is 71.8 cm³/mol. The summed E-state index contributed by atoms with van der Waals surface area (Å²) in [5, 5.41) is 3.50. The summed E-state index contributed by atoms with van der Waals surface area (Å²) in [4.78, 5) is 0. The maximum absolute atomic E-state index is 3.50. The predicted octanol–water partition coefficient (Wildman–Crippen LogP) is 3.48. The van der Waals surface area contributed by atoms with Gasteiger partial charge in [0.15, 0.2) is 0 Å². The molecule has 0 radical (unpaired) electrons. The van der Waals surface area contributed by atoms with Crippen LogP contribution in [0.3, 0.4) is 0 Å². The normalized spacial score (nSPS) is 12.2. The van der Waals surface area contributed by atoms with Crippen molar-refractivity contribution in [1.29, 1.82) is 0 Å². The Hall–Kier alpha value is -1.08. The lowest BCUT2D eigenvalue weighted by Gasteiger charge is -2.14. The molecule has 1 aromatic carbocycles. The first kappa shape index (κ1) is 13.0. The van der Waals surface area contributed by atoms with Crippen LogP contribution in [0.4, 0.5) is 0 Å². The van der Waals surface area contributed by atoms with Gasteiger partial charge in [0.2, 0.25) is 0 Å². The Bertz CT molecular complexity index is 331.